The maximum Gasteiger partial charge on any atom is 0.418 e. The second kappa shape index (κ2) is 7.74. The lowest BCUT2D eigenvalue weighted by Gasteiger charge is -2.23. The van der Waals surface area contributed by atoms with Gasteiger partial charge in [0.05, 0.1) is 24.8 Å². The third-order valence-electron chi connectivity index (χ3n) is 4.70. The molecular weight excluding hydrogens is 415 g/mol. The highest BCUT2D eigenvalue weighted by atomic mass is 19.4. The lowest BCUT2D eigenvalue weighted by Crippen LogP contribution is -2.36. The van der Waals surface area contributed by atoms with Gasteiger partial charge in [-0.3, -0.25) is 14.9 Å². The number of hydrogen-bond acceptors (Lipinski definition) is 5. The summed E-state index contributed by atoms with van der Waals surface area (Å²) >= 11 is 0. The van der Waals surface area contributed by atoms with E-state index in [0.29, 0.717) is 11.3 Å². The molecule has 3 aromatic rings. The largest absolute Gasteiger partial charge is 0.497 e. The highest BCUT2D eigenvalue weighted by Crippen LogP contribution is 2.35. The van der Waals surface area contributed by atoms with E-state index in [1.807, 2.05) is 0 Å². The van der Waals surface area contributed by atoms with Crippen LogP contribution < -0.4 is 15.4 Å². The zero-order chi connectivity index (χ0) is 22.2. The Hall–Kier alpha value is -3.89. The Bertz CT molecular complexity index is 1140. The molecule has 1 aliphatic heterocycles. The molecule has 0 bridgehead atoms. The van der Waals surface area contributed by atoms with Gasteiger partial charge in [-0.25, -0.2) is 4.68 Å². The first kappa shape index (κ1) is 20.4. The molecule has 1 unspecified atom stereocenters. The zero-order valence-corrected chi connectivity index (χ0v) is 16.1. The molecule has 0 aliphatic carbocycles. The molecular formula is C20H16F3N5O3. The molecule has 2 aromatic carbocycles. The van der Waals surface area contributed by atoms with Gasteiger partial charge in [0, 0.05) is 5.56 Å². The molecule has 0 saturated carbocycles. The first-order chi connectivity index (χ1) is 14.8. The van der Waals surface area contributed by atoms with Crippen LogP contribution in [-0.4, -0.2) is 33.7 Å². The number of ether oxygens (including phenoxy) is 1. The zero-order valence-electron chi connectivity index (χ0n) is 16.1. The first-order valence-electron chi connectivity index (χ1n) is 9.14. The minimum atomic E-state index is -4.65. The SMILES string of the molecule is COc1ccc(-c2nc3n(n2)C(C(=O)Nc2ccccc2C(F)(F)F)CC(=O)N3)cc1. The van der Waals surface area contributed by atoms with Crippen LogP contribution >= 0.6 is 0 Å². The maximum atomic E-state index is 13.2. The number of carbonyl (C=O) groups excluding carboxylic acids is 2. The molecule has 0 saturated heterocycles. The number of aromatic nitrogens is 3. The molecule has 1 atom stereocenters. The summed E-state index contributed by atoms with van der Waals surface area (Å²) in [5.41, 5.74) is -0.775. The van der Waals surface area contributed by atoms with Crippen molar-refractivity contribution in [3.05, 3.63) is 54.1 Å². The Morgan fingerprint density at radius 1 is 1.19 bits per heavy atom. The van der Waals surface area contributed by atoms with E-state index in [9.17, 15) is 22.8 Å². The number of nitrogens with zero attached hydrogens (tertiary/aromatic N) is 3. The van der Waals surface area contributed by atoms with E-state index in [-0.39, 0.29) is 18.2 Å². The molecule has 1 aromatic heterocycles. The van der Waals surface area contributed by atoms with Crippen molar-refractivity contribution in [2.75, 3.05) is 17.7 Å². The minimum Gasteiger partial charge on any atom is -0.497 e. The number of anilines is 2. The number of methoxy groups -OCH3 is 1. The number of para-hydroxylation sites is 1. The van der Waals surface area contributed by atoms with Crippen LogP contribution in [0.1, 0.15) is 18.0 Å². The summed E-state index contributed by atoms with van der Waals surface area (Å²) in [6.07, 6.45) is -4.94. The smallest absolute Gasteiger partial charge is 0.418 e. The lowest BCUT2D eigenvalue weighted by atomic mass is 10.1. The molecule has 8 nitrogen and oxygen atoms in total. The molecule has 160 valence electrons. The fourth-order valence-electron chi connectivity index (χ4n) is 3.19. The predicted octanol–water partition coefficient (Wildman–Crippen LogP) is 3.49. The standard InChI is InChI=1S/C20H16F3N5O3/c1-31-12-8-6-11(7-9-12)17-26-19-25-16(29)10-15(28(19)27-17)18(30)24-14-5-3-2-4-13(14)20(21,22)23/h2-9,15H,10H2,1H3,(H,24,30)(H,25,26,27,29). The van der Waals surface area contributed by atoms with Crippen LogP contribution in [-0.2, 0) is 15.8 Å². The van der Waals surface area contributed by atoms with Gasteiger partial charge >= 0.3 is 6.18 Å². The number of nitrogens with one attached hydrogen (secondary N) is 2. The summed E-state index contributed by atoms with van der Waals surface area (Å²) in [7, 11) is 1.53. The fraction of sp³-hybridized carbons (Fsp3) is 0.200. The van der Waals surface area contributed by atoms with Crippen LogP contribution in [0, 0.1) is 0 Å². The fourth-order valence-corrected chi connectivity index (χ4v) is 3.19. The van der Waals surface area contributed by atoms with Gasteiger partial charge < -0.3 is 10.1 Å². The van der Waals surface area contributed by atoms with Gasteiger partial charge in [0.15, 0.2) is 5.82 Å². The Morgan fingerprint density at radius 3 is 2.58 bits per heavy atom. The summed E-state index contributed by atoms with van der Waals surface area (Å²) in [6, 6.07) is 10.3. The van der Waals surface area contributed by atoms with E-state index in [1.165, 1.54) is 23.9 Å². The van der Waals surface area contributed by atoms with Crippen molar-refractivity contribution in [2.45, 2.75) is 18.6 Å². The van der Waals surface area contributed by atoms with Crippen molar-refractivity contribution in [1.82, 2.24) is 14.8 Å². The summed E-state index contributed by atoms with van der Waals surface area (Å²) in [5, 5.41) is 9.08. The number of benzene rings is 2. The molecule has 0 fully saturated rings. The van der Waals surface area contributed by atoms with Crippen LogP contribution in [0.3, 0.4) is 0 Å². The van der Waals surface area contributed by atoms with Crippen LogP contribution in [0.25, 0.3) is 11.4 Å². The second-order valence-electron chi connectivity index (χ2n) is 6.73. The molecule has 0 spiro atoms. The monoisotopic (exact) mass is 431 g/mol. The Morgan fingerprint density at radius 2 is 1.90 bits per heavy atom. The van der Waals surface area contributed by atoms with Crippen molar-refractivity contribution in [1.29, 1.82) is 0 Å². The van der Waals surface area contributed by atoms with Gasteiger partial charge in [0.1, 0.15) is 11.8 Å². The van der Waals surface area contributed by atoms with E-state index in [4.69, 9.17) is 4.74 Å². The number of amides is 2. The summed E-state index contributed by atoms with van der Waals surface area (Å²) in [5.74, 6) is -0.398. The summed E-state index contributed by atoms with van der Waals surface area (Å²) < 4.78 is 46.0. The van der Waals surface area contributed by atoms with Crippen molar-refractivity contribution >= 4 is 23.5 Å². The molecule has 4 rings (SSSR count). The van der Waals surface area contributed by atoms with Crippen molar-refractivity contribution in [2.24, 2.45) is 0 Å². The number of carbonyl (C=O) groups is 2. The van der Waals surface area contributed by atoms with Crippen LogP contribution in [0.2, 0.25) is 0 Å². The molecule has 31 heavy (non-hydrogen) atoms. The molecule has 1 aliphatic rings. The topological polar surface area (TPSA) is 98.1 Å². The highest BCUT2D eigenvalue weighted by molar-refractivity contribution is 6.01. The summed E-state index contributed by atoms with van der Waals surface area (Å²) in [4.78, 5) is 29.1. The second-order valence-corrected chi connectivity index (χ2v) is 6.73. The third-order valence-corrected chi connectivity index (χ3v) is 4.70. The van der Waals surface area contributed by atoms with Crippen molar-refractivity contribution < 1.29 is 27.5 Å². The Labute approximate surface area is 174 Å². The Balaban J connectivity index is 1.64. The van der Waals surface area contributed by atoms with Crippen LogP contribution in [0.15, 0.2) is 48.5 Å². The van der Waals surface area contributed by atoms with Crippen molar-refractivity contribution in [3.63, 3.8) is 0 Å². The highest BCUT2D eigenvalue weighted by Gasteiger charge is 2.36. The number of halogens is 3. The van der Waals surface area contributed by atoms with Gasteiger partial charge in [-0.15, -0.1) is 5.10 Å². The third kappa shape index (κ3) is 4.06. The Kier molecular flexibility index (Phi) is 5.09. The number of rotatable bonds is 4. The molecule has 11 heteroatoms. The molecule has 0 radical (unpaired) electrons. The molecule has 2 amide bonds. The van der Waals surface area contributed by atoms with E-state index < -0.39 is 35.3 Å². The van der Waals surface area contributed by atoms with E-state index >= 15 is 0 Å². The van der Waals surface area contributed by atoms with Gasteiger partial charge in [-0.2, -0.15) is 18.2 Å². The maximum absolute atomic E-state index is 13.2. The average molecular weight is 431 g/mol. The number of fused-ring (bicyclic) bond motifs is 1. The van der Waals surface area contributed by atoms with Crippen molar-refractivity contribution in [3.8, 4) is 17.1 Å². The molecule has 2 heterocycles. The van der Waals surface area contributed by atoms with Gasteiger partial charge in [-0.05, 0) is 36.4 Å². The summed E-state index contributed by atoms with van der Waals surface area (Å²) in [6.45, 7) is 0. The van der Waals surface area contributed by atoms with E-state index in [0.717, 1.165) is 12.1 Å². The van der Waals surface area contributed by atoms with Gasteiger partial charge in [0.2, 0.25) is 17.8 Å². The van der Waals surface area contributed by atoms with Gasteiger partial charge in [-0.1, -0.05) is 12.1 Å². The van der Waals surface area contributed by atoms with Crippen LogP contribution in [0.4, 0.5) is 24.8 Å². The quantitative estimate of drug-likeness (QED) is 0.659. The lowest BCUT2D eigenvalue weighted by molar-refractivity contribution is -0.137. The van der Waals surface area contributed by atoms with E-state index in [2.05, 4.69) is 20.7 Å². The normalized spacial score (nSPS) is 15.7. The number of alkyl halides is 3. The van der Waals surface area contributed by atoms with E-state index in [1.54, 1.807) is 24.3 Å². The molecule has 2 N–H and O–H groups in total. The average Bonchev–Trinajstić information content (AvgIpc) is 3.16. The first-order valence-corrected chi connectivity index (χ1v) is 9.14. The predicted molar refractivity (Wildman–Crippen MR) is 104 cm³/mol. The van der Waals surface area contributed by atoms with Crippen LogP contribution in [0.5, 0.6) is 5.75 Å². The minimum absolute atomic E-state index is 0.0336. The van der Waals surface area contributed by atoms with Gasteiger partial charge in [0.25, 0.3) is 0 Å². The number of hydrogen-bond donors (Lipinski definition) is 2.